The Labute approximate surface area is 196 Å². The van der Waals surface area contributed by atoms with E-state index in [1.807, 2.05) is 78.4 Å². The van der Waals surface area contributed by atoms with Crippen LogP contribution in [0.25, 0.3) is 16.7 Å². The van der Waals surface area contributed by atoms with Gasteiger partial charge < -0.3 is 24.7 Å². The first kappa shape index (κ1) is 21.5. The standard InChI is InChI=1S/C27H24N4O3/c1-18-15-28-26(29-22-7-8-25-20(13-22)10-12-34-25)14-24(18)31-11-9-21(16-31)27(33)30-23(17-32)19-5-3-2-4-6-19/h2-16,23,32H,17H2,1H3,(H,28,29)(H,30,33). The van der Waals surface area contributed by atoms with Crippen LogP contribution in [-0.2, 0) is 0 Å². The number of anilines is 2. The Morgan fingerprint density at radius 1 is 1.12 bits per heavy atom. The van der Waals surface area contributed by atoms with Gasteiger partial charge in [-0.2, -0.15) is 0 Å². The Kier molecular flexibility index (Phi) is 5.84. The smallest absolute Gasteiger partial charge is 0.253 e. The van der Waals surface area contributed by atoms with E-state index in [1.54, 1.807) is 24.7 Å². The van der Waals surface area contributed by atoms with Crippen molar-refractivity contribution in [2.75, 3.05) is 11.9 Å². The summed E-state index contributed by atoms with van der Waals surface area (Å²) in [6.45, 7) is 1.79. The lowest BCUT2D eigenvalue weighted by Gasteiger charge is -2.16. The third kappa shape index (κ3) is 4.42. The van der Waals surface area contributed by atoms with Gasteiger partial charge in [0.2, 0.25) is 0 Å². The molecule has 0 saturated heterocycles. The maximum atomic E-state index is 12.8. The molecule has 7 heteroatoms. The Hall–Kier alpha value is -4.36. The summed E-state index contributed by atoms with van der Waals surface area (Å²) in [5, 5.41) is 17.0. The first-order chi connectivity index (χ1) is 16.6. The van der Waals surface area contributed by atoms with Crippen LogP contribution in [0.15, 0.2) is 96.0 Å². The number of benzene rings is 2. The molecule has 3 aromatic heterocycles. The van der Waals surface area contributed by atoms with E-state index in [-0.39, 0.29) is 12.5 Å². The summed E-state index contributed by atoms with van der Waals surface area (Å²) in [4.78, 5) is 17.3. The van der Waals surface area contributed by atoms with Crippen LogP contribution in [0.5, 0.6) is 0 Å². The maximum Gasteiger partial charge on any atom is 0.253 e. The second kappa shape index (κ2) is 9.25. The molecule has 0 aliphatic heterocycles. The quantitative estimate of drug-likeness (QED) is 0.318. The molecule has 1 atom stereocenters. The second-order valence-corrected chi connectivity index (χ2v) is 8.08. The van der Waals surface area contributed by atoms with Crippen LogP contribution in [0.2, 0.25) is 0 Å². The van der Waals surface area contributed by atoms with Gasteiger partial charge in [0.25, 0.3) is 5.91 Å². The number of nitrogens with zero attached hydrogens (tertiary/aromatic N) is 2. The van der Waals surface area contributed by atoms with Gasteiger partial charge in [0.15, 0.2) is 0 Å². The number of amides is 1. The summed E-state index contributed by atoms with van der Waals surface area (Å²) in [6.07, 6.45) is 7.08. The number of nitrogens with one attached hydrogen (secondary N) is 2. The molecule has 0 fully saturated rings. The highest BCUT2D eigenvalue weighted by Gasteiger charge is 2.16. The highest BCUT2D eigenvalue weighted by atomic mass is 16.3. The Bertz CT molecular complexity index is 1440. The lowest BCUT2D eigenvalue weighted by atomic mass is 10.1. The van der Waals surface area contributed by atoms with E-state index in [1.165, 1.54) is 0 Å². The van der Waals surface area contributed by atoms with Gasteiger partial charge in [-0.1, -0.05) is 30.3 Å². The molecule has 0 spiro atoms. The number of aliphatic hydroxyl groups excluding tert-OH is 1. The fraction of sp³-hybridized carbons (Fsp3) is 0.111. The highest BCUT2D eigenvalue weighted by molar-refractivity contribution is 5.94. The van der Waals surface area contributed by atoms with Gasteiger partial charge in [0, 0.05) is 35.7 Å². The lowest BCUT2D eigenvalue weighted by molar-refractivity contribution is 0.0916. The molecule has 0 bridgehead atoms. The summed E-state index contributed by atoms with van der Waals surface area (Å²) in [5.41, 5.74) is 4.97. The number of rotatable bonds is 7. The average Bonchev–Trinajstić information content (AvgIpc) is 3.54. The molecule has 2 aromatic carbocycles. The van der Waals surface area contributed by atoms with E-state index in [0.717, 1.165) is 33.5 Å². The monoisotopic (exact) mass is 452 g/mol. The van der Waals surface area contributed by atoms with Gasteiger partial charge in [0.05, 0.1) is 30.2 Å². The molecule has 3 N–H and O–H groups in total. The number of aromatic nitrogens is 2. The topological polar surface area (TPSA) is 92.3 Å². The number of furan rings is 1. The first-order valence-corrected chi connectivity index (χ1v) is 11.0. The van der Waals surface area contributed by atoms with Crippen LogP contribution in [0.4, 0.5) is 11.5 Å². The van der Waals surface area contributed by atoms with E-state index < -0.39 is 6.04 Å². The number of aliphatic hydroxyl groups is 1. The minimum atomic E-state index is -0.469. The van der Waals surface area contributed by atoms with Crippen LogP contribution < -0.4 is 10.6 Å². The molecule has 0 saturated carbocycles. The van der Waals surface area contributed by atoms with Crippen molar-refractivity contribution >= 4 is 28.4 Å². The lowest BCUT2D eigenvalue weighted by Crippen LogP contribution is -2.30. The Morgan fingerprint density at radius 2 is 1.97 bits per heavy atom. The molecule has 1 amide bonds. The van der Waals surface area contributed by atoms with Crippen LogP contribution in [-0.4, -0.2) is 27.2 Å². The molecular weight excluding hydrogens is 428 g/mol. The molecule has 0 aliphatic carbocycles. The number of aryl methyl sites for hydroxylation is 1. The summed E-state index contributed by atoms with van der Waals surface area (Å²) in [7, 11) is 0. The maximum absolute atomic E-state index is 12.8. The highest BCUT2D eigenvalue weighted by Crippen LogP contribution is 2.25. The number of carbonyl (C=O) groups excluding carboxylic acids is 1. The molecule has 3 heterocycles. The summed E-state index contributed by atoms with van der Waals surface area (Å²) >= 11 is 0. The Balaban J connectivity index is 1.35. The molecule has 5 rings (SSSR count). The molecule has 34 heavy (non-hydrogen) atoms. The zero-order valence-corrected chi connectivity index (χ0v) is 18.6. The van der Waals surface area contributed by atoms with Crippen LogP contribution in [0.1, 0.15) is 27.5 Å². The molecule has 0 aliphatic rings. The summed E-state index contributed by atoms with van der Waals surface area (Å²) in [6, 6.07) is 20.4. The molecule has 1 unspecified atom stereocenters. The number of carbonyl (C=O) groups is 1. The zero-order chi connectivity index (χ0) is 23.5. The van der Waals surface area contributed by atoms with E-state index >= 15 is 0 Å². The molecule has 170 valence electrons. The molecule has 7 nitrogen and oxygen atoms in total. The van der Waals surface area contributed by atoms with Gasteiger partial charge in [-0.25, -0.2) is 4.98 Å². The van der Waals surface area contributed by atoms with Crippen LogP contribution in [0, 0.1) is 6.92 Å². The van der Waals surface area contributed by atoms with Crippen LogP contribution >= 0.6 is 0 Å². The normalized spacial score (nSPS) is 11.9. The second-order valence-electron chi connectivity index (χ2n) is 8.08. The largest absolute Gasteiger partial charge is 0.464 e. The zero-order valence-electron chi connectivity index (χ0n) is 18.6. The van der Waals surface area contributed by atoms with Crippen molar-refractivity contribution in [2.24, 2.45) is 0 Å². The first-order valence-electron chi connectivity index (χ1n) is 11.0. The van der Waals surface area contributed by atoms with Gasteiger partial charge in [-0.15, -0.1) is 0 Å². The number of hydrogen-bond donors (Lipinski definition) is 3. The van der Waals surface area contributed by atoms with Crippen molar-refractivity contribution in [1.82, 2.24) is 14.9 Å². The van der Waals surface area contributed by atoms with Crippen molar-refractivity contribution in [1.29, 1.82) is 0 Å². The predicted molar refractivity (Wildman–Crippen MR) is 132 cm³/mol. The van der Waals surface area contributed by atoms with Gasteiger partial charge in [-0.05, 0) is 48.4 Å². The van der Waals surface area contributed by atoms with Crippen molar-refractivity contribution in [3.63, 3.8) is 0 Å². The van der Waals surface area contributed by atoms with E-state index in [4.69, 9.17) is 4.42 Å². The fourth-order valence-corrected chi connectivity index (χ4v) is 3.89. The van der Waals surface area contributed by atoms with E-state index in [0.29, 0.717) is 11.4 Å². The van der Waals surface area contributed by atoms with Crippen molar-refractivity contribution in [3.05, 3.63) is 108 Å². The SMILES string of the molecule is Cc1cnc(Nc2ccc3occc3c2)cc1-n1ccc(C(=O)NC(CO)c2ccccc2)c1. The van der Waals surface area contributed by atoms with Crippen molar-refractivity contribution in [2.45, 2.75) is 13.0 Å². The van der Waals surface area contributed by atoms with E-state index in [2.05, 4.69) is 15.6 Å². The predicted octanol–water partition coefficient (Wildman–Crippen LogP) is 5.13. The van der Waals surface area contributed by atoms with Crippen molar-refractivity contribution < 1.29 is 14.3 Å². The molecular formula is C27H24N4O3. The van der Waals surface area contributed by atoms with Gasteiger partial charge >= 0.3 is 0 Å². The Morgan fingerprint density at radius 3 is 2.79 bits per heavy atom. The van der Waals surface area contributed by atoms with Crippen LogP contribution in [0.3, 0.4) is 0 Å². The van der Waals surface area contributed by atoms with Gasteiger partial charge in [-0.3, -0.25) is 4.79 Å². The third-order valence-electron chi connectivity index (χ3n) is 5.72. The average molecular weight is 453 g/mol. The van der Waals surface area contributed by atoms with Gasteiger partial charge in [0.1, 0.15) is 11.4 Å². The van der Waals surface area contributed by atoms with E-state index in [9.17, 15) is 9.90 Å². The third-order valence-corrected chi connectivity index (χ3v) is 5.72. The summed E-state index contributed by atoms with van der Waals surface area (Å²) < 4.78 is 7.30. The summed E-state index contributed by atoms with van der Waals surface area (Å²) in [5.74, 6) is 0.438. The molecule has 5 aromatic rings. The van der Waals surface area contributed by atoms with Crippen molar-refractivity contribution in [3.8, 4) is 5.69 Å². The number of hydrogen-bond acceptors (Lipinski definition) is 5. The number of fused-ring (bicyclic) bond motifs is 1. The molecule has 0 radical (unpaired) electrons. The minimum Gasteiger partial charge on any atom is -0.464 e. The minimum absolute atomic E-state index is 0.181. The number of pyridine rings is 1. The fourth-order valence-electron chi connectivity index (χ4n) is 3.89.